The molecule has 0 unspecified atom stereocenters. The molecule has 0 atom stereocenters. The summed E-state index contributed by atoms with van der Waals surface area (Å²) in [6.07, 6.45) is 2.89. The van der Waals surface area contributed by atoms with Gasteiger partial charge >= 0.3 is 11.4 Å². The van der Waals surface area contributed by atoms with Gasteiger partial charge in [-0.25, -0.2) is 18.0 Å². The van der Waals surface area contributed by atoms with Crippen LogP contribution in [0.15, 0.2) is 6.20 Å². The summed E-state index contributed by atoms with van der Waals surface area (Å²) in [5.74, 6) is 2.10. The molecule has 1 N–H and O–H groups in total. The zero-order chi connectivity index (χ0) is 15.3. The first-order chi connectivity index (χ1) is 8.54. The first kappa shape index (κ1) is 17.7. The lowest BCUT2D eigenvalue weighted by Crippen LogP contribution is -2.32. The molecule has 0 spiro atoms. The number of nitrogens with one attached hydrogen (secondary N) is 1. The van der Waals surface area contributed by atoms with Gasteiger partial charge in [0.05, 0.1) is 13.7 Å². The molecule has 0 aliphatic heterocycles. The average molecular weight is 304 g/mol. The van der Waals surface area contributed by atoms with E-state index in [1.807, 2.05) is 24.7 Å². The van der Waals surface area contributed by atoms with Gasteiger partial charge in [-0.05, 0) is 6.92 Å². The van der Waals surface area contributed by atoms with Crippen molar-refractivity contribution in [3.8, 4) is 5.88 Å². The molecule has 6 nitrogen and oxygen atoms in total. The molecule has 1 aromatic heterocycles. The molecule has 1 rings (SSSR count). The Hall–Kier alpha value is -1.29. The van der Waals surface area contributed by atoms with Crippen molar-refractivity contribution in [1.29, 1.82) is 0 Å². The number of halogens is 3. The molecule has 10 heteroatoms. The van der Waals surface area contributed by atoms with Gasteiger partial charge in [0.25, 0.3) is 5.82 Å². The summed E-state index contributed by atoms with van der Waals surface area (Å²) in [7, 11) is -4.09. The number of aryl methyl sites for hydroxylation is 1. The average Bonchev–Trinajstić information content (AvgIpc) is 2.59. The van der Waals surface area contributed by atoms with Crippen molar-refractivity contribution in [3.05, 3.63) is 12.0 Å². The minimum absolute atomic E-state index is 0.717. The number of hydrogen-bond donors (Lipinski definition) is 1. The molecule has 0 radical (unpaired) electrons. The molecule has 0 bridgehead atoms. The number of alkyl halides is 3. The van der Waals surface area contributed by atoms with Crippen LogP contribution >= 0.6 is 0 Å². The van der Waals surface area contributed by atoms with Crippen LogP contribution < -0.4 is 9.30 Å². The van der Waals surface area contributed by atoms with Crippen LogP contribution in [-0.4, -0.2) is 30.1 Å². The van der Waals surface area contributed by atoms with Crippen LogP contribution in [0.4, 0.5) is 13.2 Å². The van der Waals surface area contributed by atoms with E-state index in [4.69, 9.17) is 17.7 Å². The maximum atomic E-state index is 10.7. The molecular formula is C9H15F3N2O4S. The van der Waals surface area contributed by atoms with Crippen molar-refractivity contribution < 1.29 is 35.4 Å². The van der Waals surface area contributed by atoms with E-state index in [0.717, 1.165) is 18.9 Å². The fraction of sp³-hybridized carbons (Fsp3) is 0.667. The normalized spacial score (nSPS) is 11.7. The van der Waals surface area contributed by atoms with E-state index >= 15 is 0 Å². The highest BCUT2D eigenvalue weighted by molar-refractivity contribution is 7.86. The lowest BCUT2D eigenvalue weighted by atomic mass is 10.5. The third kappa shape index (κ3) is 5.47. The molecule has 0 saturated heterocycles. The van der Waals surface area contributed by atoms with Gasteiger partial charge in [-0.3, -0.25) is 0 Å². The number of aromatic amines is 1. The van der Waals surface area contributed by atoms with E-state index in [-0.39, 0.29) is 0 Å². The maximum absolute atomic E-state index is 10.7. The molecule has 1 aromatic rings. The number of H-pyrrole nitrogens is 1. The van der Waals surface area contributed by atoms with Gasteiger partial charge in [0.15, 0.2) is 16.3 Å². The van der Waals surface area contributed by atoms with Crippen LogP contribution in [0.3, 0.4) is 0 Å². The number of ether oxygens (including phenoxy) is 1. The van der Waals surface area contributed by atoms with Crippen LogP contribution in [0, 0.1) is 0 Å². The molecule has 0 aliphatic carbocycles. The SMILES string of the molecule is CCOc1c[nH]c(CC)[n+]1C.O=S(=O)([O-])C(F)(F)F. The predicted octanol–water partition coefficient (Wildman–Crippen LogP) is 0.852. The van der Waals surface area contributed by atoms with Gasteiger partial charge in [-0.15, -0.1) is 0 Å². The summed E-state index contributed by atoms with van der Waals surface area (Å²) in [5.41, 5.74) is -5.65. The molecular weight excluding hydrogens is 289 g/mol. The summed E-state index contributed by atoms with van der Waals surface area (Å²) in [5, 5.41) is 0. The number of nitrogens with zero attached hydrogens (tertiary/aromatic N) is 1. The number of imidazole rings is 1. The number of aromatic nitrogens is 2. The molecule has 0 fully saturated rings. The van der Waals surface area contributed by atoms with Crippen molar-refractivity contribution in [3.63, 3.8) is 0 Å². The quantitative estimate of drug-likeness (QED) is 0.509. The van der Waals surface area contributed by atoms with Gasteiger partial charge in [0, 0.05) is 6.42 Å². The fourth-order valence-electron chi connectivity index (χ4n) is 1.10. The first-order valence-electron chi connectivity index (χ1n) is 5.25. The largest absolute Gasteiger partial charge is 0.741 e. The van der Waals surface area contributed by atoms with E-state index in [2.05, 4.69) is 11.9 Å². The Bertz CT molecular complexity index is 496. The lowest BCUT2D eigenvalue weighted by molar-refractivity contribution is -0.683. The van der Waals surface area contributed by atoms with Gasteiger partial charge in [-0.1, -0.05) is 6.92 Å². The zero-order valence-corrected chi connectivity index (χ0v) is 11.4. The van der Waals surface area contributed by atoms with Gasteiger partial charge in [0.1, 0.15) is 0 Å². The third-order valence-electron chi connectivity index (χ3n) is 2.01. The van der Waals surface area contributed by atoms with Crippen LogP contribution in [0.1, 0.15) is 19.7 Å². The summed E-state index contributed by atoms with van der Waals surface area (Å²) in [4.78, 5) is 3.15. The Morgan fingerprint density at radius 2 is 1.89 bits per heavy atom. The number of rotatable bonds is 3. The Labute approximate surface area is 109 Å². The molecule has 0 saturated carbocycles. The smallest absolute Gasteiger partial charge is 0.485 e. The fourth-order valence-corrected chi connectivity index (χ4v) is 1.10. The molecule has 112 valence electrons. The highest BCUT2D eigenvalue weighted by Crippen LogP contribution is 2.20. The van der Waals surface area contributed by atoms with Crippen molar-refractivity contribution >= 4 is 10.1 Å². The third-order valence-corrected chi connectivity index (χ3v) is 2.58. The molecule has 0 aliphatic rings. The van der Waals surface area contributed by atoms with Gasteiger partial charge in [0.2, 0.25) is 0 Å². The second kappa shape index (κ2) is 6.75. The highest BCUT2D eigenvalue weighted by Gasteiger charge is 2.36. The van der Waals surface area contributed by atoms with Crippen LogP contribution in [-0.2, 0) is 23.6 Å². The minimum atomic E-state index is -6.09. The summed E-state index contributed by atoms with van der Waals surface area (Å²) >= 11 is 0. The molecule has 0 aromatic carbocycles. The lowest BCUT2D eigenvalue weighted by Gasteiger charge is -2.08. The van der Waals surface area contributed by atoms with E-state index in [9.17, 15) is 13.2 Å². The van der Waals surface area contributed by atoms with E-state index < -0.39 is 15.6 Å². The Balaban J connectivity index is 0.000000362. The van der Waals surface area contributed by atoms with Crippen LogP contribution in [0.25, 0.3) is 0 Å². The molecule has 0 amide bonds. The Morgan fingerprint density at radius 1 is 1.42 bits per heavy atom. The number of hydrogen-bond acceptors (Lipinski definition) is 4. The van der Waals surface area contributed by atoms with E-state index in [0.29, 0.717) is 0 Å². The predicted molar refractivity (Wildman–Crippen MR) is 58.3 cm³/mol. The van der Waals surface area contributed by atoms with Crippen molar-refractivity contribution in [1.82, 2.24) is 4.98 Å². The second-order valence-corrected chi connectivity index (χ2v) is 4.69. The zero-order valence-electron chi connectivity index (χ0n) is 10.6. The highest BCUT2D eigenvalue weighted by atomic mass is 32.2. The maximum Gasteiger partial charge on any atom is 0.485 e. The minimum Gasteiger partial charge on any atom is -0.741 e. The molecule has 1 heterocycles. The van der Waals surface area contributed by atoms with Crippen molar-refractivity contribution in [2.24, 2.45) is 7.05 Å². The standard InChI is InChI=1S/C8H14N2O.CHF3O3S/c1-4-7-9-6-8(10(7)3)11-5-2;2-1(3,4)8(5,6)7/h6H,4-5H2,1-3H3;(H,5,6,7). The summed E-state index contributed by atoms with van der Waals surface area (Å²) < 4.78 is 66.3. The second-order valence-electron chi connectivity index (χ2n) is 3.32. The Morgan fingerprint density at radius 3 is 2.16 bits per heavy atom. The van der Waals surface area contributed by atoms with E-state index in [1.165, 1.54) is 5.82 Å². The first-order valence-corrected chi connectivity index (χ1v) is 6.66. The van der Waals surface area contributed by atoms with Gasteiger partial charge < -0.3 is 9.29 Å². The van der Waals surface area contributed by atoms with E-state index in [1.54, 1.807) is 0 Å². The van der Waals surface area contributed by atoms with Crippen LogP contribution in [0.2, 0.25) is 0 Å². The monoisotopic (exact) mass is 304 g/mol. The van der Waals surface area contributed by atoms with Crippen molar-refractivity contribution in [2.45, 2.75) is 25.8 Å². The summed E-state index contributed by atoms with van der Waals surface area (Å²) in [6.45, 7) is 4.81. The molecule has 19 heavy (non-hydrogen) atoms. The Kier molecular flexibility index (Phi) is 6.30. The van der Waals surface area contributed by atoms with Gasteiger partial charge in [-0.2, -0.15) is 13.2 Å². The van der Waals surface area contributed by atoms with Crippen LogP contribution in [0.5, 0.6) is 5.88 Å². The summed E-state index contributed by atoms with van der Waals surface area (Å²) in [6, 6.07) is 0. The van der Waals surface area contributed by atoms with Crippen molar-refractivity contribution in [2.75, 3.05) is 6.61 Å². The topological polar surface area (TPSA) is 86.1 Å².